The zero-order valence-electron chi connectivity index (χ0n) is 10.2. The summed E-state index contributed by atoms with van der Waals surface area (Å²) in [5.41, 5.74) is -0.332. The summed E-state index contributed by atoms with van der Waals surface area (Å²) in [4.78, 5) is 11.9. The first kappa shape index (κ1) is 11.4. The minimum atomic E-state index is -0.665. The fourth-order valence-corrected chi connectivity index (χ4v) is 2.66. The third-order valence-corrected chi connectivity index (χ3v) is 3.94. The predicted molar refractivity (Wildman–Crippen MR) is 61.5 cm³/mol. The molecule has 2 fully saturated rings. The van der Waals surface area contributed by atoms with Gasteiger partial charge in [0, 0.05) is 6.04 Å². The monoisotopic (exact) mass is 220 g/mol. The number of carbonyl (C=O) groups is 1. The van der Waals surface area contributed by atoms with Crippen LogP contribution in [0.3, 0.4) is 0 Å². The van der Waals surface area contributed by atoms with E-state index in [1.54, 1.807) is 0 Å². The van der Waals surface area contributed by atoms with Gasteiger partial charge in [0.15, 0.2) is 0 Å². The molecule has 0 radical (unpaired) electrons. The lowest BCUT2D eigenvalue weighted by Crippen LogP contribution is -2.43. The van der Waals surface area contributed by atoms with E-state index >= 15 is 0 Å². The zero-order valence-corrected chi connectivity index (χ0v) is 10.2. The summed E-state index contributed by atoms with van der Waals surface area (Å²) in [6.07, 6.45) is 6.01. The van der Waals surface area contributed by atoms with Crippen LogP contribution in [-0.4, -0.2) is 11.9 Å². The van der Waals surface area contributed by atoms with Gasteiger partial charge in [0.1, 0.15) is 5.41 Å². The van der Waals surface area contributed by atoms with Gasteiger partial charge in [-0.2, -0.15) is 5.26 Å². The number of hydrogen-bond acceptors (Lipinski definition) is 2. The molecule has 16 heavy (non-hydrogen) atoms. The van der Waals surface area contributed by atoms with Crippen molar-refractivity contribution in [3.8, 4) is 6.07 Å². The van der Waals surface area contributed by atoms with Crippen LogP contribution in [0, 0.1) is 22.2 Å². The highest BCUT2D eigenvalue weighted by Gasteiger charge is 2.51. The molecular weight excluding hydrogens is 200 g/mol. The third kappa shape index (κ3) is 2.21. The first-order valence-electron chi connectivity index (χ1n) is 6.20. The maximum Gasteiger partial charge on any atom is 0.240 e. The van der Waals surface area contributed by atoms with Gasteiger partial charge in [-0.15, -0.1) is 0 Å². The second-order valence-electron chi connectivity index (χ2n) is 6.12. The molecule has 1 N–H and O–H groups in total. The van der Waals surface area contributed by atoms with E-state index in [9.17, 15) is 4.79 Å². The summed E-state index contributed by atoms with van der Waals surface area (Å²) in [5.74, 6) is -0.0299. The zero-order chi connectivity index (χ0) is 11.8. The molecule has 1 amide bonds. The van der Waals surface area contributed by atoms with Crippen LogP contribution in [0.1, 0.15) is 52.4 Å². The summed E-state index contributed by atoms with van der Waals surface area (Å²) in [6, 6.07) is 2.43. The number of hydrogen-bond donors (Lipinski definition) is 1. The van der Waals surface area contributed by atoms with E-state index < -0.39 is 5.41 Å². The SMILES string of the molecule is CC1(C)CCCC(NC(=O)C2(C#N)CC2)C1. The number of nitriles is 1. The molecule has 0 heterocycles. The van der Waals surface area contributed by atoms with Gasteiger partial charge in [-0.3, -0.25) is 4.79 Å². The highest BCUT2D eigenvalue weighted by atomic mass is 16.2. The Morgan fingerprint density at radius 2 is 2.06 bits per heavy atom. The normalized spacial score (nSPS) is 30.2. The van der Waals surface area contributed by atoms with Crippen molar-refractivity contribution in [2.45, 2.75) is 58.4 Å². The van der Waals surface area contributed by atoms with Gasteiger partial charge in [0.05, 0.1) is 6.07 Å². The average molecular weight is 220 g/mol. The number of carbonyl (C=O) groups excluding carboxylic acids is 1. The van der Waals surface area contributed by atoms with Crippen molar-refractivity contribution in [3.63, 3.8) is 0 Å². The fraction of sp³-hybridized carbons (Fsp3) is 0.846. The molecule has 2 aliphatic carbocycles. The van der Waals surface area contributed by atoms with Crippen LogP contribution in [0.4, 0.5) is 0 Å². The van der Waals surface area contributed by atoms with Crippen LogP contribution >= 0.6 is 0 Å². The van der Waals surface area contributed by atoms with Crippen LogP contribution < -0.4 is 5.32 Å². The van der Waals surface area contributed by atoms with Gasteiger partial charge in [0.2, 0.25) is 5.91 Å². The Kier molecular flexibility index (Phi) is 2.69. The highest BCUT2D eigenvalue weighted by molar-refractivity contribution is 5.88. The van der Waals surface area contributed by atoms with E-state index in [2.05, 4.69) is 25.2 Å². The smallest absolute Gasteiger partial charge is 0.240 e. The van der Waals surface area contributed by atoms with Crippen LogP contribution in [0.5, 0.6) is 0 Å². The first-order valence-corrected chi connectivity index (χ1v) is 6.20. The molecule has 88 valence electrons. The molecule has 1 unspecified atom stereocenters. The molecule has 2 rings (SSSR count). The molecule has 2 saturated carbocycles. The predicted octanol–water partition coefficient (Wildman–Crippen LogP) is 2.38. The Morgan fingerprint density at radius 1 is 1.38 bits per heavy atom. The molecule has 0 aromatic carbocycles. The summed E-state index contributed by atoms with van der Waals surface area (Å²) in [7, 11) is 0. The molecule has 0 saturated heterocycles. The third-order valence-electron chi connectivity index (χ3n) is 3.94. The molecule has 0 aromatic rings. The van der Waals surface area contributed by atoms with Crippen molar-refractivity contribution in [2.75, 3.05) is 0 Å². The minimum Gasteiger partial charge on any atom is -0.352 e. The Labute approximate surface area is 97.2 Å². The van der Waals surface area contributed by atoms with Crippen molar-refractivity contribution < 1.29 is 4.79 Å². The number of nitrogens with one attached hydrogen (secondary N) is 1. The molecular formula is C13H20N2O. The number of nitrogens with zero attached hydrogens (tertiary/aromatic N) is 1. The van der Waals surface area contributed by atoms with E-state index in [1.807, 2.05) is 0 Å². The average Bonchev–Trinajstić information content (AvgIpc) is 2.96. The van der Waals surface area contributed by atoms with Crippen molar-refractivity contribution in [1.29, 1.82) is 5.26 Å². The summed E-state index contributed by atoms with van der Waals surface area (Å²) >= 11 is 0. The van der Waals surface area contributed by atoms with Gasteiger partial charge >= 0.3 is 0 Å². The highest BCUT2D eigenvalue weighted by Crippen LogP contribution is 2.45. The topological polar surface area (TPSA) is 52.9 Å². The lowest BCUT2D eigenvalue weighted by atomic mass is 9.75. The molecule has 0 aromatic heterocycles. The van der Waals surface area contributed by atoms with Crippen LogP contribution in [0.15, 0.2) is 0 Å². The quantitative estimate of drug-likeness (QED) is 0.776. The Hall–Kier alpha value is -1.04. The van der Waals surface area contributed by atoms with Gasteiger partial charge in [0.25, 0.3) is 0 Å². The lowest BCUT2D eigenvalue weighted by molar-refractivity contribution is -0.125. The summed E-state index contributed by atoms with van der Waals surface area (Å²) < 4.78 is 0. The molecule has 3 nitrogen and oxygen atoms in total. The van der Waals surface area contributed by atoms with E-state index in [0.29, 0.717) is 5.41 Å². The van der Waals surface area contributed by atoms with Crippen molar-refractivity contribution in [1.82, 2.24) is 5.32 Å². The van der Waals surface area contributed by atoms with Gasteiger partial charge < -0.3 is 5.32 Å². The van der Waals surface area contributed by atoms with Crippen molar-refractivity contribution in [2.24, 2.45) is 10.8 Å². The second kappa shape index (κ2) is 3.76. The van der Waals surface area contributed by atoms with Crippen molar-refractivity contribution in [3.05, 3.63) is 0 Å². The first-order chi connectivity index (χ1) is 7.47. The Balaban J connectivity index is 1.91. The molecule has 0 spiro atoms. The maximum absolute atomic E-state index is 11.9. The largest absolute Gasteiger partial charge is 0.352 e. The molecule has 3 heteroatoms. The number of rotatable bonds is 2. The van der Waals surface area contributed by atoms with Crippen molar-refractivity contribution >= 4 is 5.91 Å². The molecule has 2 aliphatic rings. The van der Waals surface area contributed by atoms with Crippen LogP contribution in [0.25, 0.3) is 0 Å². The van der Waals surface area contributed by atoms with E-state index in [0.717, 1.165) is 25.7 Å². The fourth-order valence-electron chi connectivity index (χ4n) is 2.66. The standard InChI is InChI=1S/C13H20N2O/c1-12(2)5-3-4-10(8-12)15-11(16)13(9-14)6-7-13/h10H,3-8H2,1-2H3,(H,15,16). The molecule has 0 aliphatic heterocycles. The summed E-state index contributed by atoms with van der Waals surface area (Å²) in [6.45, 7) is 4.50. The molecule has 0 bridgehead atoms. The number of amides is 1. The van der Waals surface area contributed by atoms with Crippen LogP contribution in [0.2, 0.25) is 0 Å². The van der Waals surface area contributed by atoms with Gasteiger partial charge in [-0.05, 0) is 37.5 Å². The maximum atomic E-state index is 11.9. The molecule has 1 atom stereocenters. The van der Waals surface area contributed by atoms with E-state index in [1.165, 1.54) is 12.8 Å². The van der Waals surface area contributed by atoms with E-state index in [4.69, 9.17) is 5.26 Å². The lowest BCUT2D eigenvalue weighted by Gasteiger charge is -2.35. The van der Waals surface area contributed by atoms with E-state index in [-0.39, 0.29) is 11.9 Å². The second-order valence-corrected chi connectivity index (χ2v) is 6.12. The Bertz CT molecular complexity index is 336. The minimum absolute atomic E-state index is 0.0299. The summed E-state index contributed by atoms with van der Waals surface area (Å²) in [5, 5.41) is 12.0. The van der Waals surface area contributed by atoms with Gasteiger partial charge in [-0.1, -0.05) is 20.3 Å². The van der Waals surface area contributed by atoms with Gasteiger partial charge in [-0.25, -0.2) is 0 Å². The Morgan fingerprint density at radius 3 is 2.56 bits per heavy atom. The van der Waals surface area contributed by atoms with Crippen LogP contribution in [-0.2, 0) is 4.79 Å².